The summed E-state index contributed by atoms with van der Waals surface area (Å²) >= 11 is 1.47. The zero-order chi connectivity index (χ0) is 20.2. The Balaban J connectivity index is 1.39. The van der Waals surface area contributed by atoms with Crippen LogP contribution in [0.25, 0.3) is 10.9 Å². The molecule has 0 saturated heterocycles. The Bertz CT molecular complexity index is 1070. The number of benzene rings is 1. The van der Waals surface area contributed by atoms with Crippen LogP contribution < -0.4 is 10.1 Å². The first-order valence-electron chi connectivity index (χ1n) is 9.66. The smallest absolute Gasteiger partial charge is 0.256 e. The molecule has 0 aliphatic heterocycles. The van der Waals surface area contributed by atoms with Crippen LogP contribution in [0.3, 0.4) is 0 Å². The average Bonchev–Trinajstić information content (AvgIpc) is 3.40. The molecule has 2 N–H and O–H groups in total. The predicted octanol–water partition coefficient (Wildman–Crippen LogP) is 4.74. The summed E-state index contributed by atoms with van der Waals surface area (Å²) < 4.78 is 33.4. The largest absolute Gasteiger partial charge is 0.487 e. The van der Waals surface area contributed by atoms with Gasteiger partial charge in [0.25, 0.3) is 5.92 Å². The number of hydrogen-bond donors (Lipinski definition) is 2. The molecule has 2 heterocycles. The molecule has 2 aliphatic rings. The van der Waals surface area contributed by atoms with E-state index in [4.69, 9.17) is 4.74 Å². The summed E-state index contributed by atoms with van der Waals surface area (Å²) in [7, 11) is 0. The molecule has 2 aromatic heterocycles. The Morgan fingerprint density at radius 2 is 2.17 bits per heavy atom. The van der Waals surface area contributed by atoms with E-state index in [9.17, 15) is 13.6 Å². The van der Waals surface area contributed by atoms with Gasteiger partial charge in [-0.2, -0.15) is 0 Å². The maximum Gasteiger partial charge on any atom is 0.256 e. The number of carbonyl (C=O) groups excluding carboxylic acids is 1. The molecule has 3 aromatic rings. The van der Waals surface area contributed by atoms with E-state index < -0.39 is 11.8 Å². The van der Waals surface area contributed by atoms with Crippen molar-refractivity contribution in [2.45, 2.75) is 51.2 Å². The average molecular weight is 417 g/mol. The molecular weight excluding hydrogens is 396 g/mol. The molecule has 8 heteroatoms. The normalized spacial score (nSPS) is 21.1. The molecule has 0 spiro atoms. The molecule has 1 unspecified atom stereocenters. The van der Waals surface area contributed by atoms with E-state index >= 15 is 0 Å². The fourth-order valence-electron chi connectivity index (χ4n) is 3.55. The van der Waals surface area contributed by atoms with Crippen molar-refractivity contribution >= 4 is 28.1 Å². The fraction of sp³-hybridized carbons (Fsp3) is 0.429. The number of aromatic nitrogens is 2. The van der Waals surface area contributed by atoms with Gasteiger partial charge in [0.05, 0.1) is 23.7 Å². The Labute approximate surface area is 170 Å². The van der Waals surface area contributed by atoms with Crippen LogP contribution in [0.4, 0.5) is 8.78 Å². The number of aromatic amines is 1. The van der Waals surface area contributed by atoms with Gasteiger partial charge in [-0.1, -0.05) is 6.92 Å². The summed E-state index contributed by atoms with van der Waals surface area (Å²) in [4.78, 5) is 19.6. The van der Waals surface area contributed by atoms with Crippen LogP contribution in [0, 0.1) is 5.41 Å². The van der Waals surface area contributed by atoms with Crippen molar-refractivity contribution in [2.75, 3.05) is 0 Å². The van der Waals surface area contributed by atoms with Gasteiger partial charge in [-0.25, -0.2) is 13.8 Å². The van der Waals surface area contributed by atoms with Crippen molar-refractivity contribution in [3.8, 4) is 5.75 Å². The minimum Gasteiger partial charge on any atom is -0.487 e. The van der Waals surface area contributed by atoms with Crippen molar-refractivity contribution in [3.05, 3.63) is 46.0 Å². The summed E-state index contributed by atoms with van der Waals surface area (Å²) in [6.45, 7) is 2.58. The third kappa shape index (κ3) is 3.61. The Morgan fingerprint density at radius 1 is 1.38 bits per heavy atom. The van der Waals surface area contributed by atoms with Crippen LogP contribution >= 0.6 is 11.3 Å². The van der Waals surface area contributed by atoms with Gasteiger partial charge >= 0.3 is 0 Å². The van der Waals surface area contributed by atoms with E-state index in [0.717, 1.165) is 35.1 Å². The SMILES string of the molecule is CC1(C(=O)NCc2cc3cc(C4CC4(F)F)c(OCc4cscn4)cc3[nH]2)CC1. The van der Waals surface area contributed by atoms with Gasteiger partial charge in [0, 0.05) is 45.4 Å². The van der Waals surface area contributed by atoms with Gasteiger partial charge in [-0.05, 0) is 25.0 Å². The second-order valence-corrected chi connectivity index (χ2v) is 9.02. The molecule has 152 valence electrons. The predicted molar refractivity (Wildman–Crippen MR) is 106 cm³/mol. The molecule has 2 fully saturated rings. The van der Waals surface area contributed by atoms with E-state index in [1.807, 2.05) is 18.4 Å². The number of halogens is 2. The third-order valence-electron chi connectivity index (χ3n) is 5.85. The molecular formula is C21H21F2N3O2S. The number of amides is 1. The van der Waals surface area contributed by atoms with Crippen LogP contribution in [0.2, 0.25) is 0 Å². The lowest BCUT2D eigenvalue weighted by molar-refractivity contribution is -0.125. The maximum absolute atomic E-state index is 13.8. The van der Waals surface area contributed by atoms with E-state index in [-0.39, 0.29) is 24.3 Å². The van der Waals surface area contributed by atoms with E-state index in [1.54, 1.807) is 17.6 Å². The van der Waals surface area contributed by atoms with Crippen LogP contribution in [-0.2, 0) is 17.9 Å². The molecule has 1 aromatic carbocycles. The highest BCUT2D eigenvalue weighted by Gasteiger charge is 2.58. The number of ether oxygens (including phenoxy) is 1. The molecule has 5 nitrogen and oxygen atoms in total. The molecule has 2 aliphatic carbocycles. The van der Waals surface area contributed by atoms with E-state index in [1.165, 1.54) is 11.3 Å². The monoisotopic (exact) mass is 417 g/mol. The van der Waals surface area contributed by atoms with Gasteiger partial charge in [0.2, 0.25) is 5.91 Å². The van der Waals surface area contributed by atoms with Crippen LogP contribution in [0.5, 0.6) is 5.75 Å². The summed E-state index contributed by atoms with van der Waals surface area (Å²) in [6.07, 6.45) is 1.69. The number of H-pyrrole nitrogens is 1. The highest BCUT2D eigenvalue weighted by atomic mass is 32.1. The lowest BCUT2D eigenvalue weighted by Crippen LogP contribution is -2.29. The standard InChI is InChI=1S/C21H21F2N3O2S/c1-20(2-3-20)19(27)24-8-13-4-12-5-15(16-7-21(16,22)23)18(6-17(12)26-13)28-9-14-10-29-11-25-14/h4-6,10-11,16,26H,2-3,7-9H2,1H3,(H,24,27). The number of thiazole rings is 1. The highest BCUT2D eigenvalue weighted by Crippen LogP contribution is 2.58. The lowest BCUT2D eigenvalue weighted by atomic mass is 10.1. The van der Waals surface area contributed by atoms with Crippen molar-refractivity contribution in [1.82, 2.24) is 15.3 Å². The summed E-state index contributed by atoms with van der Waals surface area (Å²) in [5, 5.41) is 5.67. The maximum atomic E-state index is 13.8. The van der Waals surface area contributed by atoms with Crippen LogP contribution in [0.15, 0.2) is 29.1 Å². The van der Waals surface area contributed by atoms with Crippen molar-refractivity contribution in [2.24, 2.45) is 5.41 Å². The summed E-state index contributed by atoms with van der Waals surface area (Å²) in [5.74, 6) is -2.98. The minimum absolute atomic E-state index is 0.0572. The molecule has 0 radical (unpaired) electrons. The molecule has 2 saturated carbocycles. The third-order valence-corrected chi connectivity index (χ3v) is 6.49. The van der Waals surface area contributed by atoms with Crippen molar-refractivity contribution < 1.29 is 18.3 Å². The highest BCUT2D eigenvalue weighted by molar-refractivity contribution is 7.07. The molecule has 0 bridgehead atoms. The fourth-order valence-corrected chi connectivity index (χ4v) is 4.09. The minimum atomic E-state index is -2.68. The first-order chi connectivity index (χ1) is 13.8. The quantitative estimate of drug-likeness (QED) is 0.583. The topological polar surface area (TPSA) is 67.0 Å². The molecule has 1 atom stereocenters. The zero-order valence-corrected chi connectivity index (χ0v) is 16.7. The van der Waals surface area contributed by atoms with E-state index in [0.29, 0.717) is 17.9 Å². The first-order valence-corrected chi connectivity index (χ1v) is 10.6. The van der Waals surface area contributed by atoms with Gasteiger partial charge in [-0.3, -0.25) is 4.79 Å². The van der Waals surface area contributed by atoms with Crippen molar-refractivity contribution in [1.29, 1.82) is 0 Å². The number of carbonyl (C=O) groups is 1. The van der Waals surface area contributed by atoms with E-state index in [2.05, 4.69) is 15.3 Å². The number of nitrogens with zero attached hydrogens (tertiary/aromatic N) is 1. The Kier molecular flexibility index (Phi) is 4.17. The first kappa shape index (κ1) is 18.5. The van der Waals surface area contributed by atoms with Gasteiger partial charge in [-0.15, -0.1) is 11.3 Å². The number of alkyl halides is 2. The Morgan fingerprint density at radius 3 is 2.83 bits per heavy atom. The second kappa shape index (κ2) is 6.52. The number of hydrogen-bond acceptors (Lipinski definition) is 4. The Hall–Kier alpha value is -2.48. The lowest BCUT2D eigenvalue weighted by Gasteiger charge is -2.11. The van der Waals surface area contributed by atoms with Crippen LogP contribution in [-0.4, -0.2) is 21.8 Å². The number of fused-ring (bicyclic) bond motifs is 1. The van der Waals surface area contributed by atoms with Crippen LogP contribution in [0.1, 0.15) is 49.1 Å². The van der Waals surface area contributed by atoms with Gasteiger partial charge < -0.3 is 15.0 Å². The number of rotatable bonds is 7. The zero-order valence-electron chi connectivity index (χ0n) is 15.9. The second-order valence-electron chi connectivity index (χ2n) is 8.30. The molecule has 29 heavy (non-hydrogen) atoms. The van der Waals surface area contributed by atoms with Crippen molar-refractivity contribution in [3.63, 3.8) is 0 Å². The van der Waals surface area contributed by atoms with Gasteiger partial charge in [0.15, 0.2) is 0 Å². The summed E-state index contributed by atoms with van der Waals surface area (Å²) in [6, 6.07) is 5.46. The summed E-state index contributed by atoms with van der Waals surface area (Å²) in [5.41, 5.74) is 4.42. The number of nitrogens with one attached hydrogen (secondary N) is 2. The molecule has 1 amide bonds. The van der Waals surface area contributed by atoms with Gasteiger partial charge in [0.1, 0.15) is 12.4 Å². The molecule has 5 rings (SSSR count).